The van der Waals surface area contributed by atoms with Gasteiger partial charge in [0.05, 0.1) is 0 Å². The summed E-state index contributed by atoms with van der Waals surface area (Å²) in [5.41, 5.74) is 0. The zero-order valence-electron chi connectivity index (χ0n) is 5.54. The van der Waals surface area contributed by atoms with Gasteiger partial charge in [-0.3, -0.25) is 0 Å². The molecule has 0 atom stereocenters. The summed E-state index contributed by atoms with van der Waals surface area (Å²) in [6.07, 6.45) is 5.57. The van der Waals surface area contributed by atoms with Gasteiger partial charge in [-0.15, -0.1) is 0 Å². The van der Waals surface area contributed by atoms with Crippen LogP contribution in [0.5, 0.6) is 0 Å². The van der Waals surface area contributed by atoms with Gasteiger partial charge in [0.2, 0.25) is 0 Å². The average molecular weight is 95.2 g/mol. The molecule has 0 saturated heterocycles. The predicted octanol–water partition coefficient (Wildman–Crippen LogP) is 2.35. The average Bonchev–Trinajstić information content (AvgIpc) is 1.69. The van der Waals surface area contributed by atoms with E-state index in [0.29, 0.717) is 0 Å². The van der Waals surface area contributed by atoms with Crippen LogP contribution >= 0.6 is 0 Å². The van der Waals surface area contributed by atoms with Crippen molar-refractivity contribution in [3.05, 3.63) is 0 Å². The third-order valence-corrected chi connectivity index (χ3v) is 1.21. The standard InChI is InChI=1S/2C3H7.Be/c2*1-3-2;/h2*1,3H2,2H3;. The van der Waals surface area contributed by atoms with Crippen LogP contribution in [0.1, 0.15) is 26.7 Å². The molecule has 0 heterocycles. The molecule has 0 bridgehead atoms. The Kier molecular flexibility index (Phi) is 6.32. The predicted molar refractivity (Wildman–Crippen MR) is 35.9 cm³/mol. The SMILES string of the molecule is CC[CH2][Be][CH2]CC. The number of rotatable bonds is 4. The molecule has 0 radical (unpaired) electrons. The third-order valence-electron chi connectivity index (χ3n) is 1.21. The topological polar surface area (TPSA) is 0 Å². The van der Waals surface area contributed by atoms with Crippen LogP contribution < -0.4 is 0 Å². The summed E-state index contributed by atoms with van der Waals surface area (Å²) in [5.74, 6) is 0. The maximum absolute atomic E-state index is 2.25. The molecule has 1 heteroatoms. The minimum absolute atomic E-state index is 1.36. The van der Waals surface area contributed by atoms with E-state index in [2.05, 4.69) is 13.8 Å². The Balaban J connectivity index is 2.45. The van der Waals surface area contributed by atoms with E-state index in [-0.39, 0.29) is 0 Å². The van der Waals surface area contributed by atoms with E-state index in [9.17, 15) is 0 Å². The van der Waals surface area contributed by atoms with Crippen molar-refractivity contribution in [2.24, 2.45) is 0 Å². The van der Waals surface area contributed by atoms with Gasteiger partial charge in [-0.2, -0.15) is 0 Å². The van der Waals surface area contributed by atoms with Crippen LogP contribution in [0.15, 0.2) is 0 Å². The summed E-state index contributed by atoms with van der Waals surface area (Å²) < 4.78 is 0. The van der Waals surface area contributed by atoms with Crippen molar-refractivity contribution in [1.82, 2.24) is 0 Å². The summed E-state index contributed by atoms with van der Waals surface area (Å²) in [6, 6.07) is 0. The fourth-order valence-electron chi connectivity index (χ4n) is 0.677. The second-order valence-electron chi connectivity index (χ2n) is 2.06. The molecule has 0 unspecified atom stereocenters. The van der Waals surface area contributed by atoms with Gasteiger partial charge in [0.1, 0.15) is 0 Å². The Morgan fingerprint density at radius 1 is 1.00 bits per heavy atom. The van der Waals surface area contributed by atoms with Crippen molar-refractivity contribution in [2.45, 2.75) is 39.0 Å². The molecular formula is C6H14Be. The molecule has 0 saturated carbocycles. The van der Waals surface area contributed by atoms with Crippen LogP contribution in [-0.2, 0) is 0 Å². The molecule has 7 heavy (non-hydrogen) atoms. The maximum atomic E-state index is 2.25. The monoisotopic (exact) mass is 95.1 g/mol. The molecule has 40 valence electrons. The third kappa shape index (κ3) is 6.17. The van der Waals surface area contributed by atoms with Crippen LogP contribution in [-0.4, -0.2) is 8.78 Å². The normalized spacial score (nSPS) is 8.29. The molecule has 0 aromatic heterocycles. The second kappa shape index (κ2) is 6.17. The van der Waals surface area contributed by atoms with Gasteiger partial charge in [-0.25, -0.2) is 0 Å². The first-order valence-corrected chi connectivity index (χ1v) is 3.41. The molecule has 0 amide bonds. The fraction of sp³-hybridized carbons (Fsp3) is 1.00. The van der Waals surface area contributed by atoms with Gasteiger partial charge in [0.15, 0.2) is 0 Å². The van der Waals surface area contributed by atoms with E-state index in [1.54, 1.807) is 0 Å². The van der Waals surface area contributed by atoms with Crippen molar-refractivity contribution in [3.8, 4) is 0 Å². The van der Waals surface area contributed by atoms with Crippen LogP contribution in [0.25, 0.3) is 0 Å². The van der Waals surface area contributed by atoms with Gasteiger partial charge in [0, 0.05) is 0 Å². The van der Waals surface area contributed by atoms with Gasteiger partial charge in [0.25, 0.3) is 0 Å². The van der Waals surface area contributed by atoms with Crippen molar-refractivity contribution >= 4 is 8.78 Å². The summed E-state index contributed by atoms with van der Waals surface area (Å²) in [7, 11) is 1.44. The van der Waals surface area contributed by atoms with Crippen LogP contribution in [0.4, 0.5) is 0 Å². The van der Waals surface area contributed by atoms with E-state index < -0.39 is 0 Å². The van der Waals surface area contributed by atoms with E-state index in [1.807, 2.05) is 0 Å². The zero-order valence-corrected chi connectivity index (χ0v) is 5.54. The molecule has 0 N–H and O–H groups in total. The van der Waals surface area contributed by atoms with E-state index >= 15 is 0 Å². The quantitative estimate of drug-likeness (QED) is 0.371. The number of hydrogen-bond acceptors (Lipinski definition) is 0. The molecule has 0 spiro atoms. The Hall–Kier alpha value is 0.169. The Bertz CT molecular complexity index is 23.4. The molecule has 0 rings (SSSR count). The van der Waals surface area contributed by atoms with Gasteiger partial charge < -0.3 is 0 Å². The molecule has 0 aromatic rings. The minimum atomic E-state index is 1.36. The summed E-state index contributed by atoms with van der Waals surface area (Å²) in [5, 5.41) is 0. The Morgan fingerprint density at radius 3 is 1.71 bits per heavy atom. The van der Waals surface area contributed by atoms with Gasteiger partial charge >= 0.3 is 47.7 Å². The molecule has 0 fully saturated rings. The van der Waals surface area contributed by atoms with Crippen molar-refractivity contribution < 1.29 is 0 Å². The van der Waals surface area contributed by atoms with Crippen molar-refractivity contribution in [3.63, 3.8) is 0 Å². The van der Waals surface area contributed by atoms with Crippen LogP contribution in [0.3, 0.4) is 0 Å². The summed E-state index contributed by atoms with van der Waals surface area (Å²) in [4.78, 5) is 0. The molecule has 0 aromatic carbocycles. The number of hydrogen-bond donors (Lipinski definition) is 0. The van der Waals surface area contributed by atoms with Crippen molar-refractivity contribution in [2.75, 3.05) is 0 Å². The fourth-order valence-corrected chi connectivity index (χ4v) is 0.677. The first-order valence-electron chi connectivity index (χ1n) is 3.41. The first-order chi connectivity index (χ1) is 3.41. The Morgan fingerprint density at radius 2 is 1.43 bits per heavy atom. The van der Waals surface area contributed by atoms with Gasteiger partial charge in [-0.1, -0.05) is 0 Å². The summed E-state index contributed by atoms with van der Waals surface area (Å²) >= 11 is 0. The van der Waals surface area contributed by atoms with Crippen LogP contribution in [0.2, 0.25) is 12.3 Å². The van der Waals surface area contributed by atoms with Gasteiger partial charge in [-0.05, 0) is 0 Å². The zero-order chi connectivity index (χ0) is 5.54. The molecular weight excluding hydrogens is 81.1 g/mol. The van der Waals surface area contributed by atoms with Crippen molar-refractivity contribution in [1.29, 1.82) is 0 Å². The van der Waals surface area contributed by atoms with Crippen LogP contribution in [0, 0.1) is 0 Å². The molecule has 0 aliphatic rings. The molecule has 0 aliphatic carbocycles. The van der Waals surface area contributed by atoms with E-state index in [0.717, 1.165) is 0 Å². The summed E-state index contributed by atoms with van der Waals surface area (Å²) in [6.45, 7) is 4.49. The van der Waals surface area contributed by atoms with E-state index in [1.165, 1.54) is 33.9 Å². The van der Waals surface area contributed by atoms with E-state index in [4.69, 9.17) is 0 Å². The first kappa shape index (κ1) is 7.17. The molecule has 0 aliphatic heterocycles. The molecule has 0 nitrogen and oxygen atoms in total. The second-order valence-corrected chi connectivity index (χ2v) is 2.06. The Labute approximate surface area is 48.6 Å².